The van der Waals surface area contributed by atoms with Gasteiger partial charge in [0.25, 0.3) is 24.5 Å². The van der Waals surface area contributed by atoms with Gasteiger partial charge in [0.05, 0.1) is 24.1 Å². The number of rotatable bonds is 7. The lowest BCUT2D eigenvalue weighted by Crippen LogP contribution is -2.71. The second-order valence-corrected chi connectivity index (χ2v) is 9.40. The molecule has 2 amide bonds. The van der Waals surface area contributed by atoms with Gasteiger partial charge in [-0.1, -0.05) is 5.16 Å². The number of carbonyl (C=O) groups is 3. The molecular formula is C19H16FN9O5S2. The van der Waals surface area contributed by atoms with Crippen molar-refractivity contribution in [2.75, 3.05) is 24.1 Å². The molecule has 36 heavy (non-hydrogen) atoms. The zero-order chi connectivity index (χ0) is 25.6. The summed E-state index contributed by atoms with van der Waals surface area (Å²) in [4.78, 5) is 47.4. The van der Waals surface area contributed by atoms with E-state index in [0.29, 0.717) is 11.6 Å². The molecule has 0 saturated carbocycles. The first-order valence-electron chi connectivity index (χ1n) is 10.1. The molecule has 4 aliphatic rings. The molecule has 186 valence electrons. The smallest absolute Gasteiger partial charge is 0.276 e. The molecule has 0 spiro atoms. The SMILES string of the molecule is Nc1nc(/C(=N\OCF)C(=O)N[C@@H]2C(=O)N3C(C(=O)[O-])=C(n4ccc(N)[n+]5nccc4-5)CS[C@H]23)cs1. The third-order valence-electron chi connectivity index (χ3n) is 5.41. The Bertz CT molecular complexity index is 1420. The van der Waals surface area contributed by atoms with Gasteiger partial charge in [-0.05, 0) is 0 Å². The van der Waals surface area contributed by atoms with Crippen molar-refractivity contribution in [1.29, 1.82) is 0 Å². The van der Waals surface area contributed by atoms with Crippen molar-refractivity contribution in [3.8, 4) is 5.82 Å². The van der Waals surface area contributed by atoms with Crippen LogP contribution in [0.5, 0.6) is 0 Å². The number of β-lactam (4-membered cyclic amide) rings is 1. The maximum absolute atomic E-state index is 13.0. The quantitative estimate of drug-likeness (QED) is 0.131. The van der Waals surface area contributed by atoms with E-state index in [1.807, 2.05) is 0 Å². The number of nitrogen functional groups attached to an aromatic ring is 2. The summed E-state index contributed by atoms with van der Waals surface area (Å²) >= 11 is 2.26. The lowest BCUT2D eigenvalue weighted by molar-refractivity contribution is -0.645. The van der Waals surface area contributed by atoms with Crippen LogP contribution in [-0.2, 0) is 19.2 Å². The lowest BCUT2D eigenvalue weighted by Gasteiger charge is -2.50. The first-order valence-corrected chi connectivity index (χ1v) is 12.1. The highest BCUT2D eigenvalue weighted by Gasteiger charge is 2.54. The van der Waals surface area contributed by atoms with Gasteiger partial charge < -0.3 is 31.5 Å². The van der Waals surface area contributed by atoms with Gasteiger partial charge in [-0.3, -0.25) is 14.5 Å². The maximum atomic E-state index is 13.0. The van der Waals surface area contributed by atoms with Crippen LogP contribution in [0.4, 0.5) is 15.3 Å². The molecule has 0 bridgehead atoms. The number of anilines is 2. The van der Waals surface area contributed by atoms with E-state index in [0.717, 1.165) is 16.2 Å². The van der Waals surface area contributed by atoms with E-state index in [1.165, 1.54) is 28.0 Å². The van der Waals surface area contributed by atoms with Crippen molar-refractivity contribution < 1.29 is 33.4 Å². The van der Waals surface area contributed by atoms with Crippen molar-refractivity contribution in [2.45, 2.75) is 11.4 Å². The number of nitrogens with one attached hydrogen (secondary N) is 1. The van der Waals surface area contributed by atoms with Crippen LogP contribution < -0.4 is 26.6 Å². The number of fused-ring (bicyclic) bond motifs is 2. The summed E-state index contributed by atoms with van der Waals surface area (Å²) < 4.78 is 15.5. The number of alkyl halides is 1. The Balaban J connectivity index is 1.43. The predicted molar refractivity (Wildman–Crippen MR) is 123 cm³/mol. The summed E-state index contributed by atoms with van der Waals surface area (Å²) in [5.41, 5.74) is 11.1. The van der Waals surface area contributed by atoms with E-state index < -0.39 is 36.1 Å². The number of carboxylic acid groups (broad SMARTS) is 1. The standard InChI is InChI=1S/C19H16FN9O5S2/c20-7-34-26-12(8-5-36-19(22)24-8)15(30)25-13-16(31)28-14(18(32)33)9(6-35-17(13)28)27-4-2-10(21)29-11(27)1-3-23-29/h1-5,13,17,21H,6-7H2,(H4,22,24,25,30,32,33)/b26-12+/t13-,17-/m1/s1. The molecule has 14 nitrogen and oxygen atoms in total. The van der Waals surface area contributed by atoms with Gasteiger partial charge in [-0.15, -0.1) is 32.9 Å². The Morgan fingerprint density at radius 3 is 2.89 bits per heavy atom. The fourth-order valence-corrected chi connectivity index (χ4v) is 5.77. The van der Waals surface area contributed by atoms with Gasteiger partial charge in [0.1, 0.15) is 28.5 Å². The van der Waals surface area contributed by atoms with Crippen LogP contribution in [0.2, 0.25) is 0 Å². The zero-order valence-electron chi connectivity index (χ0n) is 18.0. The molecule has 0 aliphatic carbocycles. The minimum atomic E-state index is -1.56. The molecule has 1 saturated heterocycles. The third-order valence-corrected chi connectivity index (χ3v) is 7.35. The Labute approximate surface area is 209 Å². The average molecular weight is 534 g/mol. The van der Waals surface area contributed by atoms with Crippen molar-refractivity contribution in [3.05, 3.63) is 41.3 Å². The fourth-order valence-electron chi connectivity index (χ4n) is 3.88. The number of hydrogen-bond acceptors (Lipinski definition) is 12. The second kappa shape index (κ2) is 9.08. The second-order valence-electron chi connectivity index (χ2n) is 7.40. The van der Waals surface area contributed by atoms with E-state index in [-0.39, 0.29) is 33.7 Å². The molecule has 0 aromatic carbocycles. The van der Waals surface area contributed by atoms with Crippen molar-refractivity contribution in [3.63, 3.8) is 0 Å². The predicted octanol–water partition coefficient (Wildman–Crippen LogP) is -2.12. The largest absolute Gasteiger partial charge is 0.543 e. The molecule has 2 atom stereocenters. The van der Waals surface area contributed by atoms with Crippen LogP contribution in [-0.4, -0.2) is 67.1 Å². The summed E-state index contributed by atoms with van der Waals surface area (Å²) in [6.07, 6.45) is 3.07. The normalized spacial score (nSPS) is 19.8. The number of amides is 2. The zero-order valence-corrected chi connectivity index (χ0v) is 19.7. The molecule has 0 radical (unpaired) electrons. The summed E-state index contributed by atoms with van der Waals surface area (Å²) in [7, 11) is 0. The summed E-state index contributed by atoms with van der Waals surface area (Å²) in [6.45, 7) is -1.29. The number of nitrogens with zero attached hydrogens (tertiary/aromatic N) is 6. The Morgan fingerprint density at radius 1 is 1.39 bits per heavy atom. The monoisotopic (exact) mass is 533 g/mol. The molecule has 4 aliphatic heterocycles. The van der Waals surface area contributed by atoms with E-state index in [1.54, 1.807) is 22.9 Å². The number of hydrogen-bond donors (Lipinski definition) is 3. The number of carboxylic acids is 1. The van der Waals surface area contributed by atoms with Gasteiger partial charge >= 0.3 is 0 Å². The fraction of sp³-hybridized carbons (Fsp3) is 0.211. The van der Waals surface area contributed by atoms with Crippen molar-refractivity contribution in [2.24, 2.45) is 5.16 Å². The Kier molecular flexibility index (Phi) is 5.92. The molecular weight excluding hydrogens is 517 g/mol. The average Bonchev–Trinajstić information content (AvgIpc) is 3.52. The number of nitrogens with two attached hydrogens (primary N) is 2. The number of oxime groups is 1. The molecule has 1 fully saturated rings. The first kappa shape index (κ1) is 23.5. The maximum Gasteiger partial charge on any atom is 0.276 e. The van der Waals surface area contributed by atoms with Crippen LogP contribution in [0.25, 0.3) is 11.5 Å². The lowest BCUT2D eigenvalue weighted by atomic mass is 10.0. The summed E-state index contributed by atoms with van der Waals surface area (Å²) in [6, 6.07) is 2.10. The van der Waals surface area contributed by atoms with Crippen LogP contribution in [0.15, 0.2) is 40.8 Å². The third kappa shape index (κ3) is 3.77. The topological polar surface area (TPSA) is 198 Å². The Hall–Kier alpha value is -4.25. The number of thiazole rings is 1. The van der Waals surface area contributed by atoms with Crippen LogP contribution in [0, 0.1) is 0 Å². The van der Waals surface area contributed by atoms with Crippen molar-refractivity contribution >= 4 is 63.2 Å². The number of carbonyl (C=O) groups excluding carboxylic acids is 3. The molecule has 5 rings (SSSR count). The Morgan fingerprint density at radius 2 is 2.19 bits per heavy atom. The number of aliphatic carboxylic acids is 1. The molecule has 0 unspecified atom stereocenters. The van der Waals surface area contributed by atoms with Gasteiger partial charge in [0, 0.05) is 17.5 Å². The minimum absolute atomic E-state index is 0.0329. The van der Waals surface area contributed by atoms with Crippen LogP contribution in [0.3, 0.4) is 0 Å². The van der Waals surface area contributed by atoms with Crippen LogP contribution >= 0.6 is 23.1 Å². The first-order chi connectivity index (χ1) is 17.3. The minimum Gasteiger partial charge on any atom is -0.543 e. The molecule has 17 heteroatoms. The highest BCUT2D eigenvalue weighted by atomic mass is 32.2. The van der Waals surface area contributed by atoms with Crippen molar-refractivity contribution in [1.82, 2.24) is 24.9 Å². The number of aromatic nitrogens is 4. The summed E-state index contributed by atoms with van der Waals surface area (Å²) in [5.74, 6) is -2.13. The van der Waals surface area contributed by atoms with Gasteiger partial charge in [0.15, 0.2) is 10.8 Å². The molecule has 1 aromatic heterocycles. The van der Waals surface area contributed by atoms with E-state index in [9.17, 15) is 23.9 Å². The molecule has 5 heterocycles. The van der Waals surface area contributed by atoms with Gasteiger partial charge in [0.2, 0.25) is 5.82 Å². The molecule has 1 aromatic rings. The van der Waals surface area contributed by atoms with Gasteiger partial charge in [-0.25, -0.2) is 13.9 Å². The highest BCUT2D eigenvalue weighted by molar-refractivity contribution is 8.00. The molecule has 5 N–H and O–H groups in total. The van der Waals surface area contributed by atoms with E-state index >= 15 is 0 Å². The number of halogens is 1. The van der Waals surface area contributed by atoms with Gasteiger partial charge in [-0.2, -0.15) is 0 Å². The van der Waals surface area contributed by atoms with E-state index in [4.69, 9.17) is 11.5 Å². The van der Waals surface area contributed by atoms with Crippen LogP contribution in [0.1, 0.15) is 5.69 Å². The van der Waals surface area contributed by atoms with E-state index in [2.05, 4.69) is 25.4 Å². The highest BCUT2D eigenvalue weighted by Crippen LogP contribution is 2.41. The summed E-state index contributed by atoms with van der Waals surface area (Å²) in [5, 5.41) is 23.0. The number of thioether (sulfide) groups is 1.